The smallest absolute Gasteiger partial charge is 0.306 e. The van der Waals surface area contributed by atoms with E-state index < -0.39 is 6.10 Å². The van der Waals surface area contributed by atoms with Crippen LogP contribution in [-0.4, -0.2) is 37.0 Å². The maximum atomic E-state index is 12.2. The molecule has 0 aromatic heterocycles. The van der Waals surface area contributed by atoms with Gasteiger partial charge in [-0.25, -0.2) is 0 Å². The van der Waals surface area contributed by atoms with Crippen molar-refractivity contribution >= 4 is 5.97 Å². The Balaban J connectivity index is 3.43. The second-order valence-corrected chi connectivity index (χ2v) is 15.8. The van der Waals surface area contributed by atoms with Crippen LogP contribution in [-0.2, 0) is 14.3 Å². The summed E-state index contributed by atoms with van der Waals surface area (Å²) in [5, 5.41) is 9.63. The first-order valence-corrected chi connectivity index (χ1v) is 24.0. The van der Waals surface area contributed by atoms with Crippen LogP contribution in [0.15, 0.2) is 72.9 Å². The number of carbonyl (C=O) groups is 1. The average molecular weight is 781 g/mol. The molecule has 0 aromatic rings. The molecule has 4 heteroatoms. The van der Waals surface area contributed by atoms with Crippen LogP contribution in [0.3, 0.4) is 0 Å². The molecular weight excluding hydrogens is 689 g/mol. The Kier molecular flexibility index (Phi) is 47.1. The van der Waals surface area contributed by atoms with Gasteiger partial charge in [0.1, 0.15) is 6.10 Å². The van der Waals surface area contributed by atoms with Gasteiger partial charge < -0.3 is 14.6 Å². The van der Waals surface area contributed by atoms with Crippen molar-refractivity contribution in [2.75, 3.05) is 19.8 Å². The third kappa shape index (κ3) is 46.2. The zero-order valence-electron chi connectivity index (χ0n) is 37.1. The number of hydrogen-bond donors (Lipinski definition) is 1. The molecule has 1 atom stereocenters. The summed E-state index contributed by atoms with van der Waals surface area (Å²) in [5.74, 6) is -0.209. The van der Waals surface area contributed by atoms with E-state index in [2.05, 4.69) is 86.8 Å². The number of rotatable bonds is 44. The van der Waals surface area contributed by atoms with Crippen molar-refractivity contribution in [1.29, 1.82) is 0 Å². The number of hydrogen-bond acceptors (Lipinski definition) is 4. The summed E-state index contributed by atoms with van der Waals surface area (Å²) in [4.78, 5) is 12.2. The SMILES string of the molecule is CC/C=C\C/C=C\C/C=C\C/C=C\CCCCCCCCCCCCCCCOCC(CO)OC(=O)CCCCCCCCC/C=C\C/C=C\CCCCCC. The minimum atomic E-state index is -0.542. The fraction of sp³-hybridized carbons (Fsp3) is 0.750. The van der Waals surface area contributed by atoms with Crippen LogP contribution >= 0.6 is 0 Å². The highest BCUT2D eigenvalue weighted by molar-refractivity contribution is 5.69. The van der Waals surface area contributed by atoms with Crippen molar-refractivity contribution in [2.45, 2.75) is 232 Å². The highest BCUT2D eigenvalue weighted by Crippen LogP contribution is 2.14. The van der Waals surface area contributed by atoms with E-state index in [1.165, 1.54) is 154 Å². The fourth-order valence-corrected chi connectivity index (χ4v) is 6.70. The number of aliphatic hydroxyl groups excluding tert-OH is 1. The molecular formula is C52H92O4. The van der Waals surface area contributed by atoms with Crippen LogP contribution in [0.1, 0.15) is 226 Å². The van der Waals surface area contributed by atoms with E-state index in [-0.39, 0.29) is 12.6 Å². The van der Waals surface area contributed by atoms with Gasteiger partial charge in [-0.05, 0) is 83.5 Å². The van der Waals surface area contributed by atoms with Gasteiger partial charge >= 0.3 is 5.97 Å². The van der Waals surface area contributed by atoms with Crippen molar-refractivity contribution in [3.05, 3.63) is 72.9 Å². The van der Waals surface area contributed by atoms with Gasteiger partial charge in [0, 0.05) is 13.0 Å². The van der Waals surface area contributed by atoms with Crippen molar-refractivity contribution in [3.8, 4) is 0 Å². The molecule has 0 aliphatic carbocycles. The van der Waals surface area contributed by atoms with Crippen molar-refractivity contribution in [1.82, 2.24) is 0 Å². The molecule has 0 spiro atoms. The summed E-state index contributed by atoms with van der Waals surface area (Å²) in [6, 6.07) is 0. The first kappa shape index (κ1) is 53.8. The monoisotopic (exact) mass is 781 g/mol. The van der Waals surface area contributed by atoms with Crippen LogP contribution in [0.25, 0.3) is 0 Å². The number of esters is 1. The zero-order chi connectivity index (χ0) is 40.5. The minimum absolute atomic E-state index is 0.177. The number of carbonyl (C=O) groups excluding carboxylic acids is 1. The number of allylic oxidation sites excluding steroid dienone is 12. The minimum Gasteiger partial charge on any atom is -0.457 e. The molecule has 1 N–H and O–H groups in total. The molecule has 0 aromatic carbocycles. The molecule has 0 saturated heterocycles. The van der Waals surface area contributed by atoms with E-state index in [4.69, 9.17) is 9.47 Å². The van der Waals surface area contributed by atoms with Crippen molar-refractivity contribution < 1.29 is 19.4 Å². The molecule has 0 amide bonds. The van der Waals surface area contributed by atoms with Crippen molar-refractivity contribution in [2.24, 2.45) is 0 Å². The summed E-state index contributed by atoms with van der Waals surface area (Å²) < 4.78 is 11.2. The number of ether oxygens (including phenoxy) is 2. The molecule has 0 aliphatic heterocycles. The summed E-state index contributed by atoms with van der Waals surface area (Å²) >= 11 is 0. The molecule has 0 heterocycles. The topological polar surface area (TPSA) is 55.8 Å². The third-order valence-corrected chi connectivity index (χ3v) is 10.3. The highest BCUT2D eigenvalue weighted by Gasteiger charge is 2.13. The first-order valence-electron chi connectivity index (χ1n) is 24.0. The molecule has 56 heavy (non-hydrogen) atoms. The molecule has 0 saturated carbocycles. The predicted molar refractivity (Wildman–Crippen MR) is 246 cm³/mol. The summed E-state index contributed by atoms with van der Waals surface area (Å²) in [5.41, 5.74) is 0. The van der Waals surface area contributed by atoms with Gasteiger partial charge in [0.2, 0.25) is 0 Å². The maximum absolute atomic E-state index is 12.2. The molecule has 4 nitrogen and oxygen atoms in total. The van der Waals surface area contributed by atoms with Gasteiger partial charge in [-0.2, -0.15) is 0 Å². The second kappa shape index (κ2) is 49.0. The van der Waals surface area contributed by atoms with E-state index in [1.54, 1.807) is 0 Å². The zero-order valence-corrected chi connectivity index (χ0v) is 37.1. The molecule has 1 unspecified atom stereocenters. The van der Waals surface area contributed by atoms with Gasteiger partial charge in [-0.1, -0.05) is 209 Å². The Morgan fingerprint density at radius 2 is 0.804 bits per heavy atom. The Hall–Kier alpha value is -2.17. The first-order chi connectivity index (χ1) is 27.7. The summed E-state index contributed by atoms with van der Waals surface area (Å²) in [6.45, 7) is 5.22. The van der Waals surface area contributed by atoms with E-state index in [0.29, 0.717) is 19.6 Å². The maximum Gasteiger partial charge on any atom is 0.306 e. The lowest BCUT2D eigenvalue weighted by Crippen LogP contribution is -2.27. The summed E-state index contributed by atoms with van der Waals surface area (Å²) in [7, 11) is 0. The second-order valence-electron chi connectivity index (χ2n) is 15.8. The Bertz CT molecular complexity index is 958. The number of aliphatic hydroxyl groups is 1. The van der Waals surface area contributed by atoms with Gasteiger partial charge in [-0.3, -0.25) is 4.79 Å². The summed E-state index contributed by atoms with van der Waals surface area (Å²) in [6.07, 6.45) is 66.9. The molecule has 324 valence electrons. The van der Waals surface area contributed by atoms with Crippen LogP contribution < -0.4 is 0 Å². The highest BCUT2D eigenvalue weighted by atomic mass is 16.6. The largest absolute Gasteiger partial charge is 0.457 e. The molecule has 0 rings (SSSR count). The Morgan fingerprint density at radius 1 is 0.446 bits per heavy atom. The molecule has 0 bridgehead atoms. The van der Waals surface area contributed by atoms with Gasteiger partial charge in [0.25, 0.3) is 0 Å². The van der Waals surface area contributed by atoms with Gasteiger partial charge in [0.15, 0.2) is 0 Å². The van der Waals surface area contributed by atoms with E-state index in [1.807, 2.05) is 0 Å². The van der Waals surface area contributed by atoms with Crippen LogP contribution in [0.2, 0.25) is 0 Å². The van der Waals surface area contributed by atoms with Crippen LogP contribution in [0, 0.1) is 0 Å². The lowest BCUT2D eigenvalue weighted by Gasteiger charge is -2.16. The van der Waals surface area contributed by atoms with Crippen LogP contribution in [0.4, 0.5) is 0 Å². The predicted octanol–water partition coefficient (Wildman–Crippen LogP) is 16.2. The van der Waals surface area contributed by atoms with Gasteiger partial charge in [-0.15, -0.1) is 0 Å². The van der Waals surface area contributed by atoms with Crippen molar-refractivity contribution in [3.63, 3.8) is 0 Å². The lowest BCUT2D eigenvalue weighted by atomic mass is 10.0. The third-order valence-electron chi connectivity index (χ3n) is 10.3. The number of unbranched alkanes of at least 4 members (excludes halogenated alkanes) is 24. The Labute approximate surface area is 348 Å². The van der Waals surface area contributed by atoms with E-state index >= 15 is 0 Å². The molecule has 0 fully saturated rings. The van der Waals surface area contributed by atoms with E-state index in [9.17, 15) is 9.90 Å². The van der Waals surface area contributed by atoms with E-state index in [0.717, 1.165) is 51.4 Å². The molecule has 0 aliphatic rings. The van der Waals surface area contributed by atoms with Gasteiger partial charge in [0.05, 0.1) is 13.2 Å². The quantitative estimate of drug-likeness (QED) is 0.0380. The molecule has 0 radical (unpaired) electrons. The average Bonchev–Trinajstić information content (AvgIpc) is 3.20. The standard InChI is InChI=1S/C52H92O4/c1-3-5-7-9-11-13-15-17-19-21-23-24-25-26-27-28-29-30-32-34-36-38-40-42-44-46-48-55-50-51(49-53)56-52(54)47-45-43-41-39-37-35-33-31-22-20-18-16-14-12-10-8-6-4-2/h5,7,11,13-14,16-17,19-20,22-24,51,53H,3-4,6,8-10,12,15,18,21,25-50H2,1-2H3/b7-5-,13-11-,16-14-,19-17-,22-20-,24-23-. The van der Waals surface area contributed by atoms with Crippen LogP contribution in [0.5, 0.6) is 0 Å². The fourth-order valence-electron chi connectivity index (χ4n) is 6.70. The Morgan fingerprint density at radius 3 is 1.21 bits per heavy atom. The lowest BCUT2D eigenvalue weighted by molar-refractivity contribution is -0.154. The normalized spacial score (nSPS) is 13.0.